The Bertz CT molecular complexity index is 1050. The first-order valence-corrected chi connectivity index (χ1v) is 12.0. The number of hydrogen-bond donors (Lipinski definition) is 1. The first kappa shape index (κ1) is 20.5. The number of hydrogen-bond acceptors (Lipinski definition) is 4. The van der Waals surface area contributed by atoms with Gasteiger partial charge in [0.1, 0.15) is 10.8 Å². The number of rotatable bonds is 5. The van der Waals surface area contributed by atoms with Crippen molar-refractivity contribution in [1.82, 2.24) is 4.90 Å². The lowest BCUT2D eigenvalue weighted by molar-refractivity contribution is 0.0996. The molecular weight excluding hydrogens is 411 g/mol. The molecule has 31 heavy (non-hydrogen) atoms. The lowest BCUT2D eigenvalue weighted by Gasteiger charge is -2.36. The Morgan fingerprint density at radius 3 is 2.61 bits per heavy atom. The van der Waals surface area contributed by atoms with Crippen LogP contribution >= 0.6 is 11.3 Å². The highest BCUT2D eigenvalue weighted by atomic mass is 32.1. The zero-order valence-corrected chi connectivity index (χ0v) is 18.3. The van der Waals surface area contributed by atoms with Crippen LogP contribution in [0.2, 0.25) is 0 Å². The highest BCUT2D eigenvalue weighted by Crippen LogP contribution is 2.46. The van der Waals surface area contributed by atoms with Crippen molar-refractivity contribution in [3.8, 4) is 0 Å². The number of piperidine rings is 1. The second kappa shape index (κ2) is 8.97. The third-order valence-electron chi connectivity index (χ3n) is 6.41. The Kier molecular flexibility index (Phi) is 5.92. The van der Waals surface area contributed by atoms with Crippen molar-refractivity contribution < 1.29 is 13.6 Å². The average molecular weight is 439 g/mol. The van der Waals surface area contributed by atoms with Gasteiger partial charge in [0.25, 0.3) is 5.91 Å². The van der Waals surface area contributed by atoms with Gasteiger partial charge in [0.05, 0.1) is 12.3 Å². The van der Waals surface area contributed by atoms with Crippen LogP contribution in [-0.2, 0) is 12.8 Å². The van der Waals surface area contributed by atoms with Crippen molar-refractivity contribution in [2.45, 2.75) is 51.0 Å². The predicted octanol–water partition coefficient (Wildman–Crippen LogP) is 6.19. The minimum Gasteiger partial charge on any atom is -0.459 e. The van der Waals surface area contributed by atoms with Crippen molar-refractivity contribution >= 4 is 22.2 Å². The number of nitrogens with zero attached hydrogens (tertiary/aromatic N) is 1. The highest BCUT2D eigenvalue weighted by molar-refractivity contribution is 7.16. The highest BCUT2D eigenvalue weighted by Gasteiger charge is 2.34. The molecule has 1 N–H and O–H groups in total. The first-order valence-electron chi connectivity index (χ1n) is 11.2. The topological polar surface area (TPSA) is 45.5 Å². The summed E-state index contributed by atoms with van der Waals surface area (Å²) in [7, 11) is 0. The molecule has 1 amide bonds. The SMILES string of the molecule is O=C(Nc1sc2c(c1[C@H](c1ccccc1F)N1CCCCC1)CCCC2)c1ccco1. The van der Waals surface area contributed by atoms with Gasteiger partial charge in [0.15, 0.2) is 5.76 Å². The molecule has 1 aliphatic carbocycles. The van der Waals surface area contributed by atoms with E-state index in [1.165, 1.54) is 23.1 Å². The smallest absolute Gasteiger partial charge is 0.291 e. The van der Waals surface area contributed by atoms with Crippen LogP contribution in [0.4, 0.5) is 9.39 Å². The van der Waals surface area contributed by atoms with Crippen LogP contribution in [0.1, 0.15) is 70.3 Å². The number of fused-ring (bicyclic) bond motifs is 1. The molecule has 2 aromatic heterocycles. The van der Waals surface area contributed by atoms with Gasteiger partial charge in [-0.15, -0.1) is 11.3 Å². The van der Waals surface area contributed by atoms with E-state index >= 15 is 4.39 Å². The number of carbonyl (C=O) groups is 1. The van der Waals surface area contributed by atoms with Gasteiger partial charge in [0.2, 0.25) is 0 Å². The summed E-state index contributed by atoms with van der Waals surface area (Å²) in [5.41, 5.74) is 3.10. The number of halogens is 1. The van der Waals surface area contributed by atoms with Gasteiger partial charge in [0, 0.05) is 16.0 Å². The fourth-order valence-electron chi connectivity index (χ4n) is 4.95. The van der Waals surface area contributed by atoms with Gasteiger partial charge < -0.3 is 9.73 Å². The Hall–Kier alpha value is -2.44. The lowest BCUT2D eigenvalue weighted by atomic mass is 9.88. The van der Waals surface area contributed by atoms with Gasteiger partial charge in [-0.1, -0.05) is 24.6 Å². The third kappa shape index (κ3) is 4.06. The molecule has 0 spiro atoms. The number of anilines is 1. The number of benzene rings is 1. The van der Waals surface area contributed by atoms with Crippen molar-refractivity contribution in [1.29, 1.82) is 0 Å². The first-order chi connectivity index (χ1) is 15.2. The molecule has 0 bridgehead atoms. The maximum absolute atomic E-state index is 15.1. The number of furan rings is 1. The molecule has 3 aromatic rings. The summed E-state index contributed by atoms with van der Waals surface area (Å²) < 4.78 is 20.4. The molecule has 2 aliphatic rings. The van der Waals surface area contributed by atoms with E-state index in [1.807, 2.05) is 12.1 Å². The van der Waals surface area contributed by atoms with Crippen LogP contribution in [-0.4, -0.2) is 23.9 Å². The zero-order chi connectivity index (χ0) is 21.2. The van der Waals surface area contributed by atoms with Crippen molar-refractivity contribution in [2.24, 2.45) is 0 Å². The fraction of sp³-hybridized carbons (Fsp3) is 0.400. The Morgan fingerprint density at radius 1 is 1.03 bits per heavy atom. The molecule has 1 saturated heterocycles. The minimum absolute atomic E-state index is 0.183. The van der Waals surface area contributed by atoms with E-state index in [0.29, 0.717) is 5.56 Å². The second-order valence-corrected chi connectivity index (χ2v) is 9.51. The van der Waals surface area contributed by atoms with Crippen LogP contribution in [0.5, 0.6) is 0 Å². The zero-order valence-electron chi connectivity index (χ0n) is 17.5. The van der Waals surface area contributed by atoms with Gasteiger partial charge in [-0.3, -0.25) is 9.69 Å². The summed E-state index contributed by atoms with van der Waals surface area (Å²) in [5.74, 6) is -0.148. The van der Waals surface area contributed by atoms with Crippen LogP contribution in [0.25, 0.3) is 0 Å². The van der Waals surface area contributed by atoms with Crippen molar-refractivity contribution in [2.75, 3.05) is 18.4 Å². The maximum Gasteiger partial charge on any atom is 0.291 e. The van der Waals surface area contributed by atoms with E-state index in [4.69, 9.17) is 4.42 Å². The van der Waals surface area contributed by atoms with Gasteiger partial charge in [-0.25, -0.2) is 4.39 Å². The van der Waals surface area contributed by atoms with Crippen molar-refractivity contribution in [3.05, 3.63) is 75.8 Å². The fourth-order valence-corrected chi connectivity index (χ4v) is 6.27. The average Bonchev–Trinajstić information content (AvgIpc) is 3.45. The summed E-state index contributed by atoms with van der Waals surface area (Å²) in [6.07, 6.45) is 9.25. The number of thiophene rings is 1. The van der Waals surface area contributed by atoms with E-state index in [-0.39, 0.29) is 23.5 Å². The van der Waals surface area contributed by atoms with Gasteiger partial charge >= 0.3 is 0 Å². The molecule has 5 rings (SSSR count). The van der Waals surface area contributed by atoms with Crippen LogP contribution in [0.15, 0.2) is 47.1 Å². The third-order valence-corrected chi connectivity index (χ3v) is 7.64. The largest absolute Gasteiger partial charge is 0.459 e. The molecule has 0 saturated carbocycles. The van der Waals surface area contributed by atoms with E-state index in [0.717, 1.165) is 62.2 Å². The molecule has 1 fully saturated rings. The number of likely N-dealkylation sites (tertiary alicyclic amines) is 1. The summed E-state index contributed by atoms with van der Waals surface area (Å²) in [4.78, 5) is 16.6. The van der Waals surface area contributed by atoms with E-state index in [9.17, 15) is 4.79 Å². The quantitative estimate of drug-likeness (QED) is 0.517. The standard InChI is InChI=1S/C25H27FN2O2S/c26-19-11-4-2-9-17(19)23(28-14-6-1-7-15-28)22-18-10-3-5-13-21(18)31-25(22)27-24(29)20-12-8-16-30-20/h2,4,8-9,11-12,16,23H,1,3,5-7,10,13-15H2,(H,27,29)/t23-/m0/s1. The number of carbonyl (C=O) groups excluding carboxylic acids is 1. The molecule has 4 nitrogen and oxygen atoms in total. The number of aryl methyl sites for hydroxylation is 1. The van der Waals surface area contributed by atoms with Gasteiger partial charge in [-0.2, -0.15) is 0 Å². The summed E-state index contributed by atoms with van der Waals surface area (Å²) in [5, 5.41) is 3.96. The Labute approximate surface area is 186 Å². The van der Waals surface area contributed by atoms with Crippen LogP contribution in [0.3, 0.4) is 0 Å². The maximum atomic E-state index is 15.1. The lowest BCUT2D eigenvalue weighted by Crippen LogP contribution is -2.35. The minimum atomic E-state index is -0.254. The molecule has 6 heteroatoms. The summed E-state index contributed by atoms with van der Waals surface area (Å²) >= 11 is 1.66. The molecule has 0 radical (unpaired) electrons. The molecule has 1 atom stereocenters. The molecule has 3 heterocycles. The molecule has 1 aliphatic heterocycles. The monoisotopic (exact) mass is 438 g/mol. The van der Waals surface area contributed by atoms with E-state index in [2.05, 4.69) is 10.2 Å². The number of amides is 1. The van der Waals surface area contributed by atoms with Crippen LogP contribution < -0.4 is 5.32 Å². The van der Waals surface area contributed by atoms with Crippen LogP contribution in [0, 0.1) is 5.82 Å². The molecule has 0 unspecified atom stereocenters. The summed E-state index contributed by atoms with van der Waals surface area (Å²) in [6.45, 7) is 1.88. The Morgan fingerprint density at radius 2 is 1.84 bits per heavy atom. The Balaban J connectivity index is 1.63. The number of nitrogens with one attached hydrogen (secondary N) is 1. The molecular formula is C25H27FN2O2S. The normalized spacial score (nSPS) is 17.8. The summed E-state index contributed by atoms with van der Waals surface area (Å²) in [6, 6.07) is 10.3. The van der Waals surface area contributed by atoms with Crippen molar-refractivity contribution in [3.63, 3.8) is 0 Å². The van der Waals surface area contributed by atoms with E-state index < -0.39 is 0 Å². The molecule has 1 aromatic carbocycles. The van der Waals surface area contributed by atoms with Gasteiger partial charge in [-0.05, 0) is 75.4 Å². The predicted molar refractivity (Wildman–Crippen MR) is 121 cm³/mol. The molecule has 162 valence electrons. The van der Waals surface area contributed by atoms with E-state index in [1.54, 1.807) is 35.6 Å². The second-order valence-electron chi connectivity index (χ2n) is 8.41.